The Morgan fingerprint density at radius 1 is 0.743 bits per heavy atom. The Kier molecular flexibility index (Phi) is 8.49. The predicted molar refractivity (Wildman–Crippen MR) is 127 cm³/mol. The fourth-order valence-corrected chi connectivity index (χ4v) is 2.90. The van der Waals surface area contributed by atoms with Crippen molar-refractivity contribution < 1.29 is 33.0 Å². The van der Waals surface area contributed by atoms with Crippen LogP contribution in [0.5, 0.6) is 5.75 Å². The zero-order valence-electron chi connectivity index (χ0n) is 18.7. The fourth-order valence-electron chi connectivity index (χ4n) is 2.90. The van der Waals surface area contributed by atoms with Crippen molar-refractivity contribution in [1.82, 2.24) is 0 Å². The van der Waals surface area contributed by atoms with Gasteiger partial charge in [0.25, 0.3) is 11.8 Å². The van der Waals surface area contributed by atoms with Crippen molar-refractivity contribution in [3.8, 4) is 5.75 Å². The van der Waals surface area contributed by atoms with Gasteiger partial charge in [0.05, 0.1) is 5.69 Å². The quantitative estimate of drug-likeness (QED) is 0.403. The van der Waals surface area contributed by atoms with Crippen LogP contribution in [0.15, 0.2) is 72.8 Å². The molecule has 0 saturated carbocycles. The normalized spacial score (nSPS) is 10.1. The van der Waals surface area contributed by atoms with Gasteiger partial charge in [0.2, 0.25) is 5.91 Å². The van der Waals surface area contributed by atoms with Gasteiger partial charge in [0, 0.05) is 18.3 Å². The first kappa shape index (κ1) is 24.9. The number of amides is 3. The number of anilines is 3. The molecule has 0 aliphatic carbocycles. The number of rotatable bonds is 9. The second-order valence-corrected chi connectivity index (χ2v) is 7.20. The van der Waals surface area contributed by atoms with Crippen molar-refractivity contribution in [3.05, 3.63) is 84.2 Å². The van der Waals surface area contributed by atoms with E-state index in [0.717, 1.165) is 0 Å². The molecule has 0 atom stereocenters. The van der Waals surface area contributed by atoms with Crippen LogP contribution in [-0.4, -0.2) is 36.9 Å². The van der Waals surface area contributed by atoms with E-state index < -0.39 is 36.8 Å². The van der Waals surface area contributed by atoms with Gasteiger partial charge in [-0.05, 0) is 48.5 Å². The molecule has 0 unspecified atom stereocenters. The molecular formula is C25H22FN3O6. The van der Waals surface area contributed by atoms with E-state index >= 15 is 0 Å². The molecule has 0 heterocycles. The van der Waals surface area contributed by atoms with Crippen molar-refractivity contribution in [1.29, 1.82) is 0 Å². The van der Waals surface area contributed by atoms with Crippen LogP contribution >= 0.6 is 0 Å². The SMILES string of the molecule is CC(=O)Nc1ccc(NC(=O)COC(=O)c2ccccc2OCC(=O)Nc2ccccc2F)cc1. The standard InChI is InChI=1S/C25H22FN3O6/c1-16(30)27-17-10-12-18(13-11-17)28-23(31)15-35-25(33)19-6-2-5-9-22(19)34-14-24(32)29-21-8-4-3-7-20(21)26/h2-13H,14-15H2,1H3,(H,27,30)(H,28,31)(H,29,32). The van der Waals surface area contributed by atoms with Crippen LogP contribution in [0, 0.1) is 5.82 Å². The van der Waals surface area contributed by atoms with Crippen LogP contribution in [0.25, 0.3) is 0 Å². The smallest absolute Gasteiger partial charge is 0.342 e. The number of para-hydroxylation sites is 2. The summed E-state index contributed by atoms with van der Waals surface area (Å²) in [6.07, 6.45) is 0. The molecule has 180 valence electrons. The lowest BCUT2D eigenvalue weighted by Crippen LogP contribution is -2.23. The highest BCUT2D eigenvalue weighted by molar-refractivity contribution is 5.97. The van der Waals surface area contributed by atoms with Gasteiger partial charge in [-0.3, -0.25) is 14.4 Å². The Morgan fingerprint density at radius 2 is 1.34 bits per heavy atom. The third-order valence-electron chi connectivity index (χ3n) is 4.44. The topological polar surface area (TPSA) is 123 Å². The number of carbonyl (C=O) groups excluding carboxylic acids is 4. The molecule has 0 aliphatic heterocycles. The van der Waals surface area contributed by atoms with E-state index in [4.69, 9.17) is 9.47 Å². The molecule has 0 aliphatic rings. The van der Waals surface area contributed by atoms with E-state index in [9.17, 15) is 23.6 Å². The number of halogens is 1. The van der Waals surface area contributed by atoms with Crippen LogP contribution in [0.2, 0.25) is 0 Å². The van der Waals surface area contributed by atoms with Gasteiger partial charge < -0.3 is 25.4 Å². The Labute approximate surface area is 200 Å². The van der Waals surface area contributed by atoms with E-state index in [0.29, 0.717) is 11.4 Å². The highest BCUT2D eigenvalue weighted by Crippen LogP contribution is 2.20. The Bertz CT molecular complexity index is 1230. The van der Waals surface area contributed by atoms with Gasteiger partial charge in [-0.2, -0.15) is 0 Å². The number of nitrogens with one attached hydrogen (secondary N) is 3. The van der Waals surface area contributed by atoms with Crippen LogP contribution in [0.3, 0.4) is 0 Å². The first-order valence-electron chi connectivity index (χ1n) is 10.4. The monoisotopic (exact) mass is 479 g/mol. The highest BCUT2D eigenvalue weighted by Gasteiger charge is 2.17. The molecule has 3 rings (SSSR count). The maximum absolute atomic E-state index is 13.7. The lowest BCUT2D eigenvalue weighted by atomic mass is 10.2. The lowest BCUT2D eigenvalue weighted by molar-refractivity contribution is -0.119. The molecule has 0 saturated heterocycles. The largest absolute Gasteiger partial charge is 0.483 e. The third-order valence-corrected chi connectivity index (χ3v) is 4.44. The molecule has 0 spiro atoms. The lowest BCUT2D eigenvalue weighted by Gasteiger charge is -2.12. The van der Waals surface area contributed by atoms with Gasteiger partial charge in [-0.1, -0.05) is 24.3 Å². The van der Waals surface area contributed by atoms with Gasteiger partial charge in [0.1, 0.15) is 17.1 Å². The van der Waals surface area contributed by atoms with Crippen molar-refractivity contribution in [2.75, 3.05) is 29.2 Å². The van der Waals surface area contributed by atoms with Gasteiger partial charge in [-0.25, -0.2) is 9.18 Å². The molecule has 3 amide bonds. The van der Waals surface area contributed by atoms with Crippen LogP contribution in [0.4, 0.5) is 21.5 Å². The minimum absolute atomic E-state index is 0.00422. The molecule has 0 radical (unpaired) electrons. The average molecular weight is 479 g/mol. The molecule has 3 N–H and O–H groups in total. The summed E-state index contributed by atoms with van der Waals surface area (Å²) in [6.45, 7) is 0.343. The van der Waals surface area contributed by atoms with E-state index in [1.54, 1.807) is 42.5 Å². The summed E-state index contributed by atoms with van der Waals surface area (Å²) in [5.74, 6) is -2.77. The van der Waals surface area contributed by atoms with Gasteiger partial charge in [-0.15, -0.1) is 0 Å². The summed E-state index contributed by atoms with van der Waals surface area (Å²) in [7, 11) is 0. The van der Waals surface area contributed by atoms with Crippen LogP contribution < -0.4 is 20.7 Å². The molecule has 0 aromatic heterocycles. The summed E-state index contributed by atoms with van der Waals surface area (Å²) in [6, 6.07) is 18.1. The Balaban J connectivity index is 1.51. The maximum atomic E-state index is 13.7. The summed E-state index contributed by atoms with van der Waals surface area (Å²) in [5.41, 5.74) is 1.04. The first-order chi connectivity index (χ1) is 16.8. The summed E-state index contributed by atoms with van der Waals surface area (Å²) < 4.78 is 24.1. The van der Waals surface area contributed by atoms with Gasteiger partial charge in [0.15, 0.2) is 13.2 Å². The van der Waals surface area contributed by atoms with E-state index in [2.05, 4.69) is 16.0 Å². The van der Waals surface area contributed by atoms with Crippen molar-refractivity contribution >= 4 is 40.8 Å². The summed E-state index contributed by atoms with van der Waals surface area (Å²) >= 11 is 0. The van der Waals surface area contributed by atoms with E-state index in [1.807, 2.05) is 0 Å². The highest BCUT2D eigenvalue weighted by atomic mass is 19.1. The molecule has 35 heavy (non-hydrogen) atoms. The minimum atomic E-state index is -0.828. The Morgan fingerprint density at radius 3 is 2.03 bits per heavy atom. The molecule has 9 nitrogen and oxygen atoms in total. The molecular weight excluding hydrogens is 457 g/mol. The second-order valence-electron chi connectivity index (χ2n) is 7.20. The van der Waals surface area contributed by atoms with Crippen LogP contribution in [0.1, 0.15) is 17.3 Å². The number of hydrogen-bond donors (Lipinski definition) is 3. The zero-order valence-corrected chi connectivity index (χ0v) is 18.7. The minimum Gasteiger partial charge on any atom is -0.483 e. The number of esters is 1. The maximum Gasteiger partial charge on any atom is 0.342 e. The number of ether oxygens (including phenoxy) is 2. The number of hydrogen-bond acceptors (Lipinski definition) is 6. The van der Waals surface area contributed by atoms with Crippen LogP contribution in [-0.2, 0) is 19.1 Å². The van der Waals surface area contributed by atoms with Gasteiger partial charge >= 0.3 is 5.97 Å². The van der Waals surface area contributed by atoms with E-state index in [-0.39, 0.29) is 22.9 Å². The zero-order chi connectivity index (χ0) is 25.2. The second kappa shape index (κ2) is 11.9. The number of carbonyl (C=O) groups is 4. The van der Waals surface area contributed by atoms with Crippen molar-refractivity contribution in [3.63, 3.8) is 0 Å². The number of benzene rings is 3. The predicted octanol–water partition coefficient (Wildman–Crippen LogP) is 3.60. The summed E-state index contributed by atoms with van der Waals surface area (Å²) in [5, 5.41) is 7.55. The van der Waals surface area contributed by atoms with Crippen molar-refractivity contribution in [2.45, 2.75) is 6.92 Å². The molecule has 0 fully saturated rings. The molecule has 3 aromatic carbocycles. The molecule has 0 bridgehead atoms. The van der Waals surface area contributed by atoms with E-state index in [1.165, 1.54) is 37.3 Å². The van der Waals surface area contributed by atoms with Crippen molar-refractivity contribution in [2.24, 2.45) is 0 Å². The summed E-state index contributed by atoms with van der Waals surface area (Å²) in [4.78, 5) is 47.8. The Hall–Kier alpha value is -4.73. The third kappa shape index (κ3) is 7.67. The fraction of sp³-hybridized carbons (Fsp3) is 0.120. The molecule has 10 heteroatoms. The first-order valence-corrected chi connectivity index (χ1v) is 10.4. The molecule has 3 aromatic rings. The average Bonchev–Trinajstić information content (AvgIpc) is 2.84.